The Labute approximate surface area is 221 Å². The van der Waals surface area contributed by atoms with Gasteiger partial charge >= 0.3 is 0 Å². The van der Waals surface area contributed by atoms with Gasteiger partial charge in [0.05, 0.1) is 28.3 Å². The second kappa shape index (κ2) is 10.1. The third-order valence-corrected chi connectivity index (χ3v) is 8.92. The molecule has 37 heavy (non-hydrogen) atoms. The third-order valence-electron chi connectivity index (χ3n) is 7.70. The molecule has 6 heterocycles. The number of hydrogen-bond donors (Lipinski definition) is 1. The van der Waals surface area contributed by atoms with E-state index in [4.69, 9.17) is 19.1 Å². The molecule has 0 aliphatic carbocycles. The van der Waals surface area contributed by atoms with Gasteiger partial charge in [-0.2, -0.15) is 0 Å². The molecule has 1 atom stereocenters. The van der Waals surface area contributed by atoms with Crippen molar-refractivity contribution in [3.05, 3.63) is 41.8 Å². The number of fused-ring (bicyclic) bond motifs is 2. The lowest BCUT2D eigenvalue weighted by molar-refractivity contribution is 0.0639. The quantitative estimate of drug-likeness (QED) is 0.319. The zero-order valence-corrected chi connectivity index (χ0v) is 22.8. The Hall–Kier alpha value is -2.91. The first-order chi connectivity index (χ1) is 18.0. The van der Waals surface area contributed by atoms with Crippen LogP contribution in [0.1, 0.15) is 56.3 Å². The fraction of sp³-hybridized carbons (Fsp3) is 0.500. The van der Waals surface area contributed by atoms with Gasteiger partial charge < -0.3 is 18.9 Å². The van der Waals surface area contributed by atoms with Crippen LogP contribution in [0.25, 0.3) is 28.4 Å². The summed E-state index contributed by atoms with van der Waals surface area (Å²) in [4.78, 5) is 11.7. The maximum absolute atomic E-state index is 6.08. The number of aryl methyl sites for hydroxylation is 2. The summed E-state index contributed by atoms with van der Waals surface area (Å²) in [5, 5.41) is 12.0. The van der Waals surface area contributed by atoms with Crippen molar-refractivity contribution in [1.29, 1.82) is 0 Å². The van der Waals surface area contributed by atoms with Gasteiger partial charge in [-0.05, 0) is 49.7 Å². The van der Waals surface area contributed by atoms with Crippen LogP contribution in [-0.4, -0.2) is 50.6 Å². The van der Waals surface area contributed by atoms with Gasteiger partial charge in [0, 0.05) is 61.7 Å². The normalized spacial score (nSPS) is 18.1. The van der Waals surface area contributed by atoms with E-state index in [-0.39, 0.29) is 0 Å². The van der Waals surface area contributed by atoms with Crippen LogP contribution in [0.4, 0.5) is 5.69 Å². The van der Waals surface area contributed by atoms with E-state index in [0.717, 1.165) is 78.5 Å². The van der Waals surface area contributed by atoms with Gasteiger partial charge in [0.1, 0.15) is 0 Å². The summed E-state index contributed by atoms with van der Waals surface area (Å²) in [5.74, 6) is 3.66. The molecule has 0 aromatic carbocycles. The first-order valence-electron chi connectivity index (χ1n) is 13.3. The molecule has 1 fully saturated rings. The van der Waals surface area contributed by atoms with E-state index < -0.39 is 0 Å². The number of nitrogens with one attached hydrogen (secondary N) is 1. The lowest BCUT2D eigenvalue weighted by Crippen LogP contribution is -2.17. The van der Waals surface area contributed by atoms with E-state index in [1.807, 2.05) is 44.1 Å². The van der Waals surface area contributed by atoms with Gasteiger partial charge in [0.15, 0.2) is 5.65 Å². The number of thioether (sulfide) groups is 1. The standard InChI is InChI=1S/C28H34N6O2S/c1-16(2)19-15-37-26-23(22-14-34-11-5-6-21(29-4)27(34)31-22)24(28-33-32-17(3)36-28)20(30-25(19)26)8-7-18-9-12-35-13-10-18/h5-6,11,14,16,18-19,29H,7-10,12-13,15H2,1-4H3. The topological polar surface area (TPSA) is 90.4 Å². The predicted octanol–water partition coefficient (Wildman–Crippen LogP) is 6.00. The second-order valence-corrected chi connectivity index (χ2v) is 11.5. The zero-order chi connectivity index (χ0) is 25.5. The largest absolute Gasteiger partial charge is 0.421 e. The smallest absolute Gasteiger partial charge is 0.250 e. The number of imidazole rings is 1. The zero-order valence-electron chi connectivity index (χ0n) is 22.0. The third kappa shape index (κ3) is 4.52. The minimum absolute atomic E-state index is 0.406. The molecule has 9 heteroatoms. The SMILES string of the molecule is CNc1cccn2cc(-c3c4c(nc(CCC5CCOCC5)c3-c3nnc(C)o3)C(C(C)C)CS4)nc12. The van der Waals surface area contributed by atoms with Crippen LogP contribution < -0.4 is 5.32 Å². The summed E-state index contributed by atoms with van der Waals surface area (Å²) in [6.45, 7) is 8.13. The number of aromatic nitrogens is 5. The average molecular weight is 519 g/mol. The molecule has 6 rings (SSSR count). The highest BCUT2D eigenvalue weighted by Crippen LogP contribution is 2.51. The highest BCUT2D eigenvalue weighted by atomic mass is 32.2. The molecule has 2 aliphatic rings. The van der Waals surface area contributed by atoms with E-state index in [1.165, 1.54) is 10.6 Å². The maximum atomic E-state index is 6.08. The summed E-state index contributed by atoms with van der Waals surface area (Å²) in [5.41, 5.74) is 7.06. The number of anilines is 1. The van der Waals surface area contributed by atoms with Crippen molar-refractivity contribution < 1.29 is 9.15 Å². The number of nitrogens with zero attached hydrogens (tertiary/aromatic N) is 5. The molecule has 2 aliphatic heterocycles. The number of pyridine rings is 2. The fourth-order valence-electron chi connectivity index (χ4n) is 5.55. The Morgan fingerprint density at radius 1 is 1.16 bits per heavy atom. The van der Waals surface area contributed by atoms with Crippen molar-refractivity contribution in [1.82, 2.24) is 24.6 Å². The van der Waals surface area contributed by atoms with Crippen molar-refractivity contribution in [2.75, 3.05) is 31.3 Å². The van der Waals surface area contributed by atoms with Crippen LogP contribution in [0, 0.1) is 18.8 Å². The van der Waals surface area contributed by atoms with Crippen molar-refractivity contribution >= 4 is 23.1 Å². The molecule has 194 valence electrons. The summed E-state index contributed by atoms with van der Waals surface area (Å²) in [6.07, 6.45) is 8.31. The van der Waals surface area contributed by atoms with Crippen molar-refractivity contribution in [2.45, 2.75) is 57.3 Å². The Morgan fingerprint density at radius 3 is 2.73 bits per heavy atom. The highest BCUT2D eigenvalue weighted by Gasteiger charge is 2.35. The van der Waals surface area contributed by atoms with E-state index in [9.17, 15) is 0 Å². The fourth-order valence-corrected chi connectivity index (χ4v) is 7.14. The van der Waals surface area contributed by atoms with Crippen LogP contribution in [0.3, 0.4) is 0 Å². The Morgan fingerprint density at radius 2 is 2.00 bits per heavy atom. The molecule has 8 nitrogen and oxygen atoms in total. The van der Waals surface area contributed by atoms with Gasteiger partial charge in [0.2, 0.25) is 11.8 Å². The molecule has 0 spiro atoms. The Balaban J connectivity index is 1.57. The van der Waals surface area contributed by atoms with Gasteiger partial charge in [-0.1, -0.05) is 13.8 Å². The van der Waals surface area contributed by atoms with E-state index in [0.29, 0.717) is 29.5 Å². The van der Waals surface area contributed by atoms with Crippen LogP contribution in [0.2, 0.25) is 0 Å². The second-order valence-electron chi connectivity index (χ2n) is 10.4. The molecular formula is C28H34N6O2S. The van der Waals surface area contributed by atoms with E-state index in [2.05, 4.69) is 40.0 Å². The summed E-state index contributed by atoms with van der Waals surface area (Å²) in [7, 11) is 1.93. The molecule has 1 saturated heterocycles. The first-order valence-corrected chi connectivity index (χ1v) is 14.3. The minimum Gasteiger partial charge on any atom is -0.421 e. The minimum atomic E-state index is 0.406. The van der Waals surface area contributed by atoms with Gasteiger partial charge in [0.25, 0.3) is 0 Å². The predicted molar refractivity (Wildman–Crippen MR) is 146 cm³/mol. The molecule has 0 amide bonds. The molecular weight excluding hydrogens is 484 g/mol. The van der Waals surface area contributed by atoms with Gasteiger partial charge in [-0.25, -0.2) is 4.98 Å². The Kier molecular flexibility index (Phi) is 6.67. The summed E-state index contributed by atoms with van der Waals surface area (Å²) in [6, 6.07) is 4.08. The van der Waals surface area contributed by atoms with Crippen molar-refractivity contribution in [3.63, 3.8) is 0 Å². The Bertz CT molecular complexity index is 1420. The molecule has 1 unspecified atom stereocenters. The van der Waals surface area contributed by atoms with E-state index in [1.54, 1.807) is 0 Å². The lowest BCUT2D eigenvalue weighted by Gasteiger charge is -2.23. The van der Waals surface area contributed by atoms with Gasteiger partial charge in [-0.15, -0.1) is 22.0 Å². The van der Waals surface area contributed by atoms with Crippen LogP contribution in [0.5, 0.6) is 0 Å². The summed E-state index contributed by atoms with van der Waals surface area (Å²) < 4.78 is 13.8. The van der Waals surface area contributed by atoms with Gasteiger partial charge in [-0.3, -0.25) is 4.98 Å². The maximum Gasteiger partial charge on any atom is 0.250 e. The van der Waals surface area contributed by atoms with Crippen LogP contribution in [-0.2, 0) is 11.2 Å². The lowest BCUT2D eigenvalue weighted by atomic mass is 9.89. The number of rotatable bonds is 7. The molecule has 4 aromatic heterocycles. The number of ether oxygens (including phenoxy) is 1. The monoisotopic (exact) mass is 518 g/mol. The molecule has 4 aromatic rings. The van der Waals surface area contributed by atoms with Crippen LogP contribution in [0.15, 0.2) is 33.8 Å². The van der Waals surface area contributed by atoms with Crippen molar-refractivity contribution in [3.8, 4) is 22.7 Å². The average Bonchev–Trinajstić information content (AvgIpc) is 3.64. The molecule has 0 saturated carbocycles. The first kappa shape index (κ1) is 24.4. The molecule has 0 radical (unpaired) electrons. The molecule has 1 N–H and O–H groups in total. The number of hydrogen-bond acceptors (Lipinski definition) is 8. The molecule has 0 bridgehead atoms. The van der Waals surface area contributed by atoms with Crippen LogP contribution >= 0.6 is 11.8 Å². The summed E-state index contributed by atoms with van der Waals surface area (Å²) >= 11 is 1.88. The van der Waals surface area contributed by atoms with Crippen molar-refractivity contribution in [2.24, 2.45) is 11.8 Å². The van der Waals surface area contributed by atoms with E-state index >= 15 is 0 Å². The highest BCUT2D eigenvalue weighted by molar-refractivity contribution is 7.99.